The van der Waals surface area contributed by atoms with Crippen LogP contribution >= 0.6 is 11.6 Å². The molecule has 1 aromatic carbocycles. The average Bonchev–Trinajstić information content (AvgIpc) is 3.01. The van der Waals surface area contributed by atoms with Gasteiger partial charge in [0.25, 0.3) is 0 Å². The molecule has 2 aromatic rings. The molecule has 0 saturated carbocycles. The van der Waals surface area contributed by atoms with Crippen molar-refractivity contribution in [1.29, 1.82) is 0 Å². The van der Waals surface area contributed by atoms with E-state index in [1.54, 1.807) is 23.0 Å². The number of benzene rings is 1. The number of halogens is 1. The summed E-state index contributed by atoms with van der Waals surface area (Å²) in [5.41, 5.74) is 5.20. The molecule has 29 heavy (non-hydrogen) atoms. The molecule has 2 rings (SSSR count). The van der Waals surface area contributed by atoms with Gasteiger partial charge in [-0.2, -0.15) is 5.10 Å². The molecule has 5 heteroatoms. The van der Waals surface area contributed by atoms with Gasteiger partial charge >= 0.3 is 0 Å². The molecule has 0 aliphatic rings. The molecular formula is C24H33ClN2O2. The van der Waals surface area contributed by atoms with Gasteiger partial charge in [0.1, 0.15) is 5.56 Å². The summed E-state index contributed by atoms with van der Waals surface area (Å²) >= 11 is 6.48. The van der Waals surface area contributed by atoms with Crippen molar-refractivity contribution in [3.63, 3.8) is 0 Å². The van der Waals surface area contributed by atoms with Crippen molar-refractivity contribution < 1.29 is 9.53 Å². The van der Waals surface area contributed by atoms with Crippen molar-refractivity contribution in [2.24, 2.45) is 11.8 Å². The van der Waals surface area contributed by atoms with Gasteiger partial charge in [0.05, 0.1) is 12.8 Å². The maximum absolute atomic E-state index is 13.5. The first-order valence-corrected chi connectivity index (χ1v) is 10.6. The number of ketones is 1. The Hall–Kier alpha value is -2.07. The molecule has 0 saturated heterocycles. The van der Waals surface area contributed by atoms with Gasteiger partial charge in [-0.25, -0.2) is 4.68 Å². The summed E-state index contributed by atoms with van der Waals surface area (Å²) in [7, 11) is 0. The smallest absolute Gasteiger partial charge is 0.223 e. The number of aromatic nitrogens is 2. The topological polar surface area (TPSA) is 44.1 Å². The van der Waals surface area contributed by atoms with Gasteiger partial charge in [0, 0.05) is 17.1 Å². The molecule has 0 amide bonds. The van der Waals surface area contributed by atoms with Gasteiger partial charge in [0.2, 0.25) is 5.88 Å². The van der Waals surface area contributed by atoms with Gasteiger partial charge in [-0.1, -0.05) is 44.9 Å². The van der Waals surface area contributed by atoms with Crippen LogP contribution in [0.1, 0.15) is 75.5 Å². The predicted molar refractivity (Wildman–Crippen MR) is 121 cm³/mol. The summed E-state index contributed by atoms with van der Waals surface area (Å²) < 4.78 is 7.84. The van der Waals surface area contributed by atoms with E-state index >= 15 is 0 Å². The second-order valence-electron chi connectivity index (χ2n) is 8.69. The van der Waals surface area contributed by atoms with E-state index in [0.717, 1.165) is 16.7 Å². The SMILES string of the molecule is CC(C)=C(C)c1c(Cl)ccc(C(=O)c2cnn(CC(C)C)c2OCC(C)C)c1C. The number of hydrogen-bond donors (Lipinski definition) is 0. The lowest BCUT2D eigenvalue weighted by Crippen LogP contribution is -2.14. The highest BCUT2D eigenvalue weighted by molar-refractivity contribution is 6.32. The van der Waals surface area contributed by atoms with Crippen LogP contribution in [0.2, 0.25) is 5.02 Å². The Labute approximate surface area is 179 Å². The molecule has 0 N–H and O–H groups in total. The molecule has 158 valence electrons. The fourth-order valence-corrected chi connectivity index (χ4v) is 3.53. The minimum Gasteiger partial charge on any atom is -0.477 e. The van der Waals surface area contributed by atoms with E-state index in [0.29, 0.717) is 47.0 Å². The molecular weight excluding hydrogens is 384 g/mol. The molecule has 0 radical (unpaired) electrons. The Morgan fingerprint density at radius 2 is 1.76 bits per heavy atom. The van der Waals surface area contributed by atoms with E-state index in [1.807, 2.05) is 27.7 Å². The van der Waals surface area contributed by atoms with Crippen LogP contribution in [0.3, 0.4) is 0 Å². The molecule has 0 fully saturated rings. The minimum atomic E-state index is -0.0873. The normalized spacial score (nSPS) is 11.3. The molecule has 0 unspecified atom stereocenters. The van der Waals surface area contributed by atoms with E-state index in [1.165, 1.54) is 5.57 Å². The lowest BCUT2D eigenvalue weighted by molar-refractivity contribution is 0.103. The van der Waals surface area contributed by atoms with E-state index in [9.17, 15) is 4.79 Å². The quantitative estimate of drug-likeness (QED) is 0.456. The van der Waals surface area contributed by atoms with Crippen LogP contribution in [0.4, 0.5) is 0 Å². The fourth-order valence-electron chi connectivity index (χ4n) is 3.18. The van der Waals surface area contributed by atoms with Crippen molar-refractivity contribution in [2.75, 3.05) is 6.61 Å². The molecule has 0 aliphatic heterocycles. The molecule has 0 spiro atoms. The van der Waals surface area contributed by atoms with Gasteiger partial charge in [-0.15, -0.1) is 0 Å². The zero-order chi connectivity index (χ0) is 21.9. The van der Waals surface area contributed by atoms with Crippen LogP contribution < -0.4 is 4.74 Å². The Kier molecular flexibility index (Phi) is 7.70. The van der Waals surface area contributed by atoms with Crippen LogP contribution in [0, 0.1) is 18.8 Å². The maximum atomic E-state index is 13.5. The molecule has 0 atom stereocenters. The van der Waals surface area contributed by atoms with Gasteiger partial charge < -0.3 is 4.74 Å². The fraction of sp³-hybridized carbons (Fsp3) is 0.500. The summed E-state index contributed by atoms with van der Waals surface area (Å²) in [4.78, 5) is 13.5. The van der Waals surface area contributed by atoms with Crippen molar-refractivity contribution in [2.45, 2.75) is 61.9 Å². The highest BCUT2D eigenvalue weighted by atomic mass is 35.5. The van der Waals surface area contributed by atoms with Crippen LogP contribution in [0.25, 0.3) is 5.57 Å². The number of nitrogens with zero attached hydrogens (tertiary/aromatic N) is 2. The van der Waals surface area contributed by atoms with E-state index in [-0.39, 0.29) is 5.78 Å². The van der Waals surface area contributed by atoms with Crippen LogP contribution in [-0.4, -0.2) is 22.2 Å². The first kappa shape index (κ1) is 23.2. The molecule has 0 bridgehead atoms. The number of ether oxygens (including phenoxy) is 1. The Balaban J connectivity index is 2.56. The number of hydrogen-bond acceptors (Lipinski definition) is 3. The van der Waals surface area contributed by atoms with Gasteiger partial charge in [-0.05, 0) is 68.4 Å². The Morgan fingerprint density at radius 1 is 1.10 bits per heavy atom. The zero-order valence-corrected chi connectivity index (χ0v) is 19.6. The minimum absolute atomic E-state index is 0.0873. The zero-order valence-electron chi connectivity index (χ0n) is 18.9. The van der Waals surface area contributed by atoms with Crippen LogP contribution in [-0.2, 0) is 6.54 Å². The monoisotopic (exact) mass is 416 g/mol. The van der Waals surface area contributed by atoms with E-state index in [2.05, 4.69) is 32.8 Å². The first-order chi connectivity index (χ1) is 13.5. The lowest BCUT2D eigenvalue weighted by Gasteiger charge is -2.16. The van der Waals surface area contributed by atoms with Gasteiger partial charge in [0.15, 0.2) is 5.78 Å². The van der Waals surface area contributed by atoms with Crippen molar-refractivity contribution >= 4 is 23.0 Å². The van der Waals surface area contributed by atoms with Crippen LogP contribution in [0.15, 0.2) is 23.9 Å². The third-order valence-corrected chi connectivity index (χ3v) is 5.23. The van der Waals surface area contributed by atoms with Crippen molar-refractivity contribution in [3.8, 4) is 5.88 Å². The van der Waals surface area contributed by atoms with E-state index < -0.39 is 0 Å². The standard InChI is InChI=1S/C24H33ClN2O2/c1-14(2)12-27-24(29-13-15(3)4)20(11-26-27)23(28)19-9-10-21(25)22(18(19)8)17(7)16(5)6/h9-11,14-15H,12-13H2,1-8H3. The largest absolute Gasteiger partial charge is 0.477 e. The summed E-state index contributed by atoms with van der Waals surface area (Å²) in [5.74, 6) is 1.20. The number of carbonyl (C=O) groups is 1. The molecule has 4 nitrogen and oxygen atoms in total. The molecule has 0 aliphatic carbocycles. The van der Waals surface area contributed by atoms with E-state index in [4.69, 9.17) is 16.3 Å². The van der Waals surface area contributed by atoms with Gasteiger partial charge in [-0.3, -0.25) is 4.79 Å². The third kappa shape index (κ3) is 5.30. The molecule has 1 aromatic heterocycles. The highest BCUT2D eigenvalue weighted by Crippen LogP contribution is 2.33. The first-order valence-electron chi connectivity index (χ1n) is 10.2. The summed E-state index contributed by atoms with van der Waals surface area (Å²) in [6, 6.07) is 3.60. The molecule has 1 heterocycles. The number of rotatable bonds is 8. The maximum Gasteiger partial charge on any atom is 0.223 e. The van der Waals surface area contributed by atoms with Crippen molar-refractivity contribution in [3.05, 3.63) is 51.2 Å². The van der Waals surface area contributed by atoms with Crippen LogP contribution in [0.5, 0.6) is 5.88 Å². The third-order valence-electron chi connectivity index (χ3n) is 4.91. The highest BCUT2D eigenvalue weighted by Gasteiger charge is 2.24. The van der Waals surface area contributed by atoms with Crippen molar-refractivity contribution in [1.82, 2.24) is 9.78 Å². The second-order valence-corrected chi connectivity index (χ2v) is 9.10. The predicted octanol–water partition coefficient (Wildman–Crippen LogP) is 6.58. The number of allylic oxidation sites excluding steroid dienone is 2. The lowest BCUT2D eigenvalue weighted by atomic mass is 9.91. The summed E-state index contributed by atoms with van der Waals surface area (Å²) in [5, 5.41) is 5.11. The summed E-state index contributed by atoms with van der Waals surface area (Å²) in [6.45, 7) is 17.7. The second kappa shape index (κ2) is 9.62. The Bertz CT molecular complexity index is 919. The Morgan fingerprint density at radius 3 is 2.31 bits per heavy atom. The summed E-state index contributed by atoms with van der Waals surface area (Å²) in [6.07, 6.45) is 1.63. The number of carbonyl (C=O) groups excluding carboxylic acids is 1. The average molecular weight is 417 g/mol.